The molecule has 4 nitrogen and oxygen atoms in total. The zero-order chi connectivity index (χ0) is 21.4. The van der Waals surface area contributed by atoms with Crippen LogP contribution in [0.25, 0.3) is 5.57 Å². The SMILES string of the molecule is Cc1c(Cl)cccc1NC1=C(c2ccccc2)C(=O)N(c2cccc(Cl)c2C)C1=O. The summed E-state index contributed by atoms with van der Waals surface area (Å²) < 4.78 is 0. The summed E-state index contributed by atoms with van der Waals surface area (Å²) in [6.07, 6.45) is 0. The lowest BCUT2D eigenvalue weighted by Crippen LogP contribution is -2.33. The Morgan fingerprint density at radius 1 is 0.733 bits per heavy atom. The van der Waals surface area contributed by atoms with Crippen LogP contribution in [0, 0.1) is 13.8 Å². The Morgan fingerprint density at radius 2 is 1.37 bits per heavy atom. The first kappa shape index (κ1) is 20.2. The van der Waals surface area contributed by atoms with Gasteiger partial charge in [0.2, 0.25) is 0 Å². The lowest BCUT2D eigenvalue weighted by molar-refractivity contribution is -0.120. The molecule has 0 aliphatic carbocycles. The van der Waals surface area contributed by atoms with E-state index in [0.29, 0.717) is 38.1 Å². The summed E-state index contributed by atoms with van der Waals surface area (Å²) in [4.78, 5) is 28.1. The molecule has 0 spiro atoms. The molecule has 1 aliphatic heterocycles. The highest BCUT2D eigenvalue weighted by Crippen LogP contribution is 2.37. The minimum atomic E-state index is -0.441. The van der Waals surface area contributed by atoms with Crippen LogP contribution in [-0.4, -0.2) is 11.8 Å². The highest BCUT2D eigenvalue weighted by molar-refractivity contribution is 6.46. The van der Waals surface area contributed by atoms with Crippen LogP contribution in [-0.2, 0) is 9.59 Å². The molecule has 1 aliphatic rings. The van der Waals surface area contributed by atoms with Crippen LogP contribution in [0.15, 0.2) is 72.4 Å². The van der Waals surface area contributed by atoms with Crippen molar-refractivity contribution in [3.63, 3.8) is 0 Å². The normalized spacial score (nSPS) is 13.9. The Labute approximate surface area is 184 Å². The number of carbonyl (C=O) groups excluding carboxylic acids is 2. The van der Waals surface area contributed by atoms with Gasteiger partial charge >= 0.3 is 0 Å². The summed E-state index contributed by atoms with van der Waals surface area (Å²) >= 11 is 12.5. The van der Waals surface area contributed by atoms with Crippen molar-refractivity contribution in [3.05, 3.63) is 99.2 Å². The van der Waals surface area contributed by atoms with Gasteiger partial charge in [-0.05, 0) is 54.8 Å². The van der Waals surface area contributed by atoms with Crippen molar-refractivity contribution in [1.29, 1.82) is 0 Å². The van der Waals surface area contributed by atoms with Gasteiger partial charge in [0.25, 0.3) is 11.8 Å². The fourth-order valence-electron chi connectivity index (χ4n) is 3.45. The number of anilines is 2. The molecule has 0 fully saturated rings. The summed E-state index contributed by atoms with van der Waals surface area (Å²) in [5.74, 6) is -0.845. The minimum Gasteiger partial charge on any atom is -0.350 e. The fraction of sp³-hybridized carbons (Fsp3) is 0.0833. The van der Waals surface area contributed by atoms with Gasteiger partial charge in [0.05, 0.1) is 11.3 Å². The van der Waals surface area contributed by atoms with Gasteiger partial charge in [-0.25, -0.2) is 4.90 Å². The van der Waals surface area contributed by atoms with E-state index < -0.39 is 11.8 Å². The number of benzene rings is 3. The van der Waals surface area contributed by atoms with Crippen molar-refractivity contribution in [1.82, 2.24) is 0 Å². The maximum absolute atomic E-state index is 13.5. The number of imide groups is 1. The van der Waals surface area contributed by atoms with Crippen LogP contribution < -0.4 is 10.2 Å². The molecule has 3 aromatic carbocycles. The van der Waals surface area contributed by atoms with Crippen LogP contribution in [0.4, 0.5) is 11.4 Å². The zero-order valence-electron chi connectivity index (χ0n) is 16.4. The number of nitrogens with zero attached hydrogens (tertiary/aromatic N) is 1. The molecule has 6 heteroatoms. The largest absolute Gasteiger partial charge is 0.350 e. The minimum absolute atomic E-state index is 0.205. The van der Waals surface area contributed by atoms with Crippen molar-refractivity contribution in [3.8, 4) is 0 Å². The smallest absolute Gasteiger partial charge is 0.282 e. The molecule has 1 heterocycles. The van der Waals surface area contributed by atoms with Crippen LogP contribution in [0.1, 0.15) is 16.7 Å². The van der Waals surface area contributed by atoms with Gasteiger partial charge in [-0.1, -0.05) is 65.7 Å². The second-order valence-corrected chi connectivity index (χ2v) is 7.80. The van der Waals surface area contributed by atoms with Crippen LogP contribution >= 0.6 is 23.2 Å². The number of carbonyl (C=O) groups is 2. The predicted octanol–water partition coefficient (Wildman–Crippen LogP) is 6.01. The van der Waals surface area contributed by atoms with E-state index in [0.717, 1.165) is 5.56 Å². The molecular weight excluding hydrogens is 419 g/mol. The molecule has 30 heavy (non-hydrogen) atoms. The first-order chi connectivity index (χ1) is 14.4. The van der Waals surface area contributed by atoms with E-state index >= 15 is 0 Å². The predicted molar refractivity (Wildman–Crippen MR) is 122 cm³/mol. The van der Waals surface area contributed by atoms with Gasteiger partial charge in [-0.3, -0.25) is 9.59 Å². The quantitative estimate of drug-likeness (QED) is 0.509. The zero-order valence-corrected chi connectivity index (χ0v) is 17.9. The Balaban J connectivity index is 1.87. The molecule has 2 amide bonds. The lowest BCUT2D eigenvalue weighted by Gasteiger charge is -2.18. The summed E-state index contributed by atoms with van der Waals surface area (Å²) in [5.41, 5.74) is 3.74. The monoisotopic (exact) mass is 436 g/mol. The highest BCUT2D eigenvalue weighted by Gasteiger charge is 2.41. The van der Waals surface area contributed by atoms with Gasteiger partial charge in [0.1, 0.15) is 5.70 Å². The molecular formula is C24H18Cl2N2O2. The third kappa shape index (κ3) is 3.38. The molecule has 3 aromatic rings. The van der Waals surface area contributed by atoms with E-state index in [1.54, 1.807) is 49.4 Å². The standard InChI is InChI=1S/C24H18Cl2N2O2/c1-14-17(25)10-6-12-19(14)27-22-21(16-8-4-3-5-9-16)23(29)28(24(22)30)20-13-7-11-18(26)15(20)2/h3-13,27H,1-2H3. The average Bonchev–Trinajstić information content (AvgIpc) is 2.98. The van der Waals surface area contributed by atoms with E-state index in [9.17, 15) is 9.59 Å². The molecule has 0 aromatic heterocycles. The molecule has 150 valence electrons. The molecule has 0 unspecified atom stereocenters. The van der Waals surface area contributed by atoms with Crippen LogP contribution in [0.5, 0.6) is 0 Å². The van der Waals surface area contributed by atoms with E-state index in [2.05, 4.69) is 5.32 Å². The third-order valence-corrected chi connectivity index (χ3v) is 5.97. The molecule has 0 saturated heterocycles. The molecule has 0 saturated carbocycles. The number of hydrogen-bond donors (Lipinski definition) is 1. The molecule has 0 atom stereocenters. The first-order valence-electron chi connectivity index (χ1n) is 9.36. The number of halogens is 2. The number of hydrogen-bond acceptors (Lipinski definition) is 3. The third-order valence-electron chi connectivity index (χ3n) is 5.15. The summed E-state index contributed by atoms with van der Waals surface area (Å²) in [6.45, 7) is 3.64. The van der Waals surface area contributed by atoms with Crippen LogP contribution in [0.3, 0.4) is 0 Å². The molecule has 4 rings (SSSR count). The van der Waals surface area contributed by atoms with E-state index in [4.69, 9.17) is 23.2 Å². The van der Waals surface area contributed by atoms with Crippen LogP contribution in [0.2, 0.25) is 10.0 Å². The van der Waals surface area contributed by atoms with Crippen molar-refractivity contribution in [2.24, 2.45) is 0 Å². The van der Waals surface area contributed by atoms with Crippen molar-refractivity contribution in [2.75, 3.05) is 10.2 Å². The number of amides is 2. The average molecular weight is 437 g/mol. The van der Waals surface area contributed by atoms with Crippen molar-refractivity contribution in [2.45, 2.75) is 13.8 Å². The highest BCUT2D eigenvalue weighted by atomic mass is 35.5. The molecule has 0 radical (unpaired) electrons. The second-order valence-electron chi connectivity index (χ2n) is 6.98. The fourth-order valence-corrected chi connectivity index (χ4v) is 3.80. The Hall–Kier alpha value is -3.08. The summed E-state index contributed by atoms with van der Waals surface area (Å²) in [7, 11) is 0. The number of nitrogens with one attached hydrogen (secondary N) is 1. The lowest BCUT2D eigenvalue weighted by atomic mass is 10.0. The number of rotatable bonds is 4. The van der Waals surface area contributed by atoms with Gasteiger partial charge in [-0.2, -0.15) is 0 Å². The first-order valence-corrected chi connectivity index (χ1v) is 10.1. The van der Waals surface area contributed by atoms with Gasteiger partial charge in [0, 0.05) is 15.7 Å². The molecule has 0 bridgehead atoms. The van der Waals surface area contributed by atoms with E-state index in [-0.39, 0.29) is 5.70 Å². The van der Waals surface area contributed by atoms with Crippen molar-refractivity contribution >= 4 is 52.0 Å². The van der Waals surface area contributed by atoms with E-state index in [1.807, 2.05) is 31.2 Å². The maximum Gasteiger partial charge on any atom is 0.282 e. The van der Waals surface area contributed by atoms with E-state index in [1.165, 1.54) is 4.90 Å². The summed E-state index contributed by atoms with van der Waals surface area (Å²) in [5, 5.41) is 4.22. The maximum atomic E-state index is 13.5. The van der Waals surface area contributed by atoms with Crippen molar-refractivity contribution < 1.29 is 9.59 Å². The van der Waals surface area contributed by atoms with Gasteiger partial charge in [0.15, 0.2) is 0 Å². The second kappa shape index (κ2) is 7.98. The molecule has 1 N–H and O–H groups in total. The Bertz CT molecular complexity index is 1200. The Morgan fingerprint density at radius 3 is 2.07 bits per heavy atom. The van der Waals surface area contributed by atoms with Gasteiger partial charge < -0.3 is 5.32 Å². The van der Waals surface area contributed by atoms with Gasteiger partial charge in [-0.15, -0.1) is 0 Å². The topological polar surface area (TPSA) is 49.4 Å². The summed E-state index contributed by atoms with van der Waals surface area (Å²) in [6, 6.07) is 19.7. The Kier molecular flexibility index (Phi) is 5.37.